The normalized spacial score (nSPS) is 15.6. The SMILES string of the molecule is COCCOCCN1C(=O)C(c2ccc(Cl)cc2)N(Cc2ccc(Cl)cc2N)C(=O)c2cc(I)ccc21. The summed E-state index contributed by atoms with van der Waals surface area (Å²) < 4.78 is 11.6. The highest BCUT2D eigenvalue weighted by molar-refractivity contribution is 14.1. The van der Waals surface area contributed by atoms with Gasteiger partial charge in [0.1, 0.15) is 6.04 Å². The maximum Gasteiger partial charge on any atom is 0.257 e. The summed E-state index contributed by atoms with van der Waals surface area (Å²) in [7, 11) is 1.60. The van der Waals surface area contributed by atoms with E-state index in [1.54, 1.807) is 71.5 Å². The molecule has 0 bridgehead atoms. The van der Waals surface area contributed by atoms with E-state index in [9.17, 15) is 9.59 Å². The number of anilines is 2. The average Bonchev–Trinajstić information content (AvgIpc) is 2.95. The molecule has 4 rings (SSSR count). The first kappa shape index (κ1) is 27.7. The summed E-state index contributed by atoms with van der Waals surface area (Å²) in [5, 5.41) is 1.03. The molecule has 10 heteroatoms. The Morgan fingerprint density at radius 1 is 0.946 bits per heavy atom. The van der Waals surface area contributed by atoms with Crippen LogP contribution in [0, 0.1) is 3.57 Å². The van der Waals surface area contributed by atoms with Crippen LogP contribution in [0.5, 0.6) is 0 Å². The van der Waals surface area contributed by atoms with Crippen molar-refractivity contribution in [2.24, 2.45) is 0 Å². The van der Waals surface area contributed by atoms with Gasteiger partial charge in [-0.15, -0.1) is 0 Å². The number of carbonyl (C=O) groups is 2. The fraction of sp³-hybridized carbons (Fsp3) is 0.259. The van der Waals surface area contributed by atoms with Crippen molar-refractivity contribution in [3.63, 3.8) is 0 Å². The summed E-state index contributed by atoms with van der Waals surface area (Å²) in [5.74, 6) is -0.530. The number of amides is 2. The molecule has 1 heterocycles. The van der Waals surface area contributed by atoms with Gasteiger partial charge in [0, 0.05) is 39.5 Å². The predicted molar refractivity (Wildman–Crippen MR) is 154 cm³/mol. The maximum atomic E-state index is 14.2. The average molecular weight is 654 g/mol. The molecule has 2 amide bonds. The number of nitrogen functional groups attached to an aromatic ring is 1. The monoisotopic (exact) mass is 653 g/mol. The number of nitrogens with two attached hydrogens (primary N) is 1. The second kappa shape index (κ2) is 12.4. The van der Waals surface area contributed by atoms with Crippen LogP contribution in [0.3, 0.4) is 0 Å². The van der Waals surface area contributed by atoms with E-state index in [2.05, 4.69) is 22.6 Å². The van der Waals surface area contributed by atoms with Gasteiger partial charge in [0.2, 0.25) is 0 Å². The lowest BCUT2D eigenvalue weighted by molar-refractivity contribution is -0.123. The van der Waals surface area contributed by atoms with E-state index in [0.29, 0.717) is 51.3 Å². The molecule has 194 valence electrons. The van der Waals surface area contributed by atoms with Crippen molar-refractivity contribution < 1.29 is 19.1 Å². The number of rotatable bonds is 9. The van der Waals surface area contributed by atoms with Crippen molar-refractivity contribution in [2.75, 3.05) is 44.1 Å². The van der Waals surface area contributed by atoms with Crippen LogP contribution in [0.4, 0.5) is 11.4 Å². The van der Waals surface area contributed by atoms with Gasteiger partial charge in [-0.1, -0.05) is 41.4 Å². The molecule has 0 saturated heterocycles. The van der Waals surface area contributed by atoms with Crippen LogP contribution in [0.15, 0.2) is 60.7 Å². The largest absolute Gasteiger partial charge is 0.398 e. The first-order valence-corrected chi connectivity index (χ1v) is 13.4. The smallest absolute Gasteiger partial charge is 0.257 e. The molecule has 0 aliphatic carbocycles. The van der Waals surface area contributed by atoms with E-state index in [-0.39, 0.29) is 31.5 Å². The van der Waals surface area contributed by atoms with E-state index < -0.39 is 6.04 Å². The summed E-state index contributed by atoms with van der Waals surface area (Å²) in [6.45, 7) is 1.52. The number of benzene rings is 3. The lowest BCUT2D eigenvalue weighted by Crippen LogP contribution is -2.43. The molecule has 0 spiro atoms. The number of hydrogen-bond acceptors (Lipinski definition) is 5. The minimum Gasteiger partial charge on any atom is -0.398 e. The molecule has 1 aliphatic heterocycles. The molecular formula is C27H26Cl2IN3O4. The van der Waals surface area contributed by atoms with Gasteiger partial charge < -0.3 is 25.0 Å². The van der Waals surface area contributed by atoms with Crippen LogP contribution in [0.1, 0.15) is 27.5 Å². The van der Waals surface area contributed by atoms with E-state index in [4.69, 9.17) is 38.4 Å². The quantitative estimate of drug-likeness (QED) is 0.185. The molecule has 1 aliphatic rings. The van der Waals surface area contributed by atoms with Crippen molar-refractivity contribution in [1.82, 2.24) is 4.90 Å². The molecule has 0 saturated carbocycles. The number of halogens is 3. The van der Waals surface area contributed by atoms with E-state index in [1.165, 1.54) is 0 Å². The Morgan fingerprint density at radius 3 is 2.38 bits per heavy atom. The third kappa shape index (κ3) is 6.38. The first-order valence-electron chi connectivity index (χ1n) is 11.6. The Morgan fingerprint density at radius 2 is 1.68 bits per heavy atom. The van der Waals surface area contributed by atoms with Crippen molar-refractivity contribution in [2.45, 2.75) is 12.6 Å². The van der Waals surface area contributed by atoms with Crippen molar-refractivity contribution in [1.29, 1.82) is 0 Å². The van der Waals surface area contributed by atoms with E-state index >= 15 is 0 Å². The second-order valence-corrected chi connectivity index (χ2v) is 10.6. The Bertz CT molecular complexity index is 1290. The zero-order valence-electron chi connectivity index (χ0n) is 20.1. The van der Waals surface area contributed by atoms with Crippen LogP contribution in [-0.4, -0.2) is 50.2 Å². The number of carbonyl (C=O) groups excluding carboxylic acids is 2. The molecule has 0 aromatic heterocycles. The minimum atomic E-state index is -0.913. The van der Waals surface area contributed by atoms with Crippen LogP contribution >= 0.6 is 45.8 Å². The molecule has 7 nitrogen and oxygen atoms in total. The lowest BCUT2D eigenvalue weighted by Gasteiger charge is -2.32. The van der Waals surface area contributed by atoms with Gasteiger partial charge in [0.05, 0.1) is 31.1 Å². The van der Waals surface area contributed by atoms with Crippen molar-refractivity contribution in [3.05, 3.63) is 91.0 Å². The molecule has 0 radical (unpaired) electrons. The van der Waals surface area contributed by atoms with E-state index in [0.717, 1.165) is 3.57 Å². The molecule has 3 aromatic rings. The highest BCUT2D eigenvalue weighted by atomic mass is 127. The Kier molecular flexibility index (Phi) is 9.31. The van der Waals surface area contributed by atoms with Crippen LogP contribution in [-0.2, 0) is 20.8 Å². The third-order valence-electron chi connectivity index (χ3n) is 6.08. The topological polar surface area (TPSA) is 85.1 Å². The lowest BCUT2D eigenvalue weighted by atomic mass is 10.0. The molecular weight excluding hydrogens is 628 g/mol. The Balaban J connectivity index is 1.81. The Hall–Kier alpha value is -2.37. The second-order valence-electron chi connectivity index (χ2n) is 8.49. The highest BCUT2D eigenvalue weighted by Gasteiger charge is 2.40. The van der Waals surface area contributed by atoms with Gasteiger partial charge >= 0.3 is 0 Å². The number of hydrogen-bond donors (Lipinski definition) is 1. The molecule has 3 aromatic carbocycles. The van der Waals surface area contributed by atoms with Crippen LogP contribution in [0.2, 0.25) is 10.0 Å². The first-order chi connectivity index (χ1) is 17.8. The molecule has 1 unspecified atom stereocenters. The number of nitrogens with zero attached hydrogens (tertiary/aromatic N) is 2. The van der Waals surface area contributed by atoms with Crippen molar-refractivity contribution >= 4 is 69.0 Å². The van der Waals surface area contributed by atoms with Gasteiger partial charge in [0.15, 0.2) is 0 Å². The third-order valence-corrected chi connectivity index (χ3v) is 7.24. The molecule has 37 heavy (non-hydrogen) atoms. The summed E-state index contributed by atoms with van der Waals surface area (Å²) >= 11 is 14.4. The fourth-order valence-corrected chi connectivity index (χ4v) is 5.04. The van der Waals surface area contributed by atoms with Gasteiger partial charge in [-0.05, 0) is 76.2 Å². The Labute approximate surface area is 239 Å². The minimum absolute atomic E-state index is 0.115. The zero-order valence-corrected chi connectivity index (χ0v) is 23.8. The summed E-state index contributed by atoms with van der Waals surface area (Å²) in [5.41, 5.74) is 8.99. The zero-order chi connectivity index (χ0) is 26.5. The standard InChI is InChI=1S/C27H26Cl2IN3O4/c1-36-12-13-37-11-10-32-24-9-8-21(30)15-22(24)26(34)33(16-18-4-7-20(29)14-23(18)31)25(27(32)35)17-2-5-19(28)6-3-17/h2-9,14-15,25H,10-13,16,31H2,1H3. The van der Waals surface area contributed by atoms with Gasteiger partial charge in [0.25, 0.3) is 11.8 Å². The molecule has 0 fully saturated rings. The molecule has 1 atom stereocenters. The van der Waals surface area contributed by atoms with Crippen molar-refractivity contribution in [3.8, 4) is 0 Å². The predicted octanol–water partition coefficient (Wildman–Crippen LogP) is 5.57. The fourth-order valence-electron chi connectivity index (χ4n) is 4.24. The number of methoxy groups -OCH3 is 1. The summed E-state index contributed by atoms with van der Waals surface area (Å²) in [6, 6.07) is 16.7. The maximum absolute atomic E-state index is 14.2. The summed E-state index contributed by atoms with van der Waals surface area (Å²) in [6.07, 6.45) is 0. The van der Waals surface area contributed by atoms with Gasteiger partial charge in [-0.3, -0.25) is 9.59 Å². The molecule has 2 N–H and O–H groups in total. The van der Waals surface area contributed by atoms with Crippen LogP contribution < -0.4 is 10.6 Å². The highest BCUT2D eigenvalue weighted by Crippen LogP contribution is 2.37. The number of ether oxygens (including phenoxy) is 2. The van der Waals surface area contributed by atoms with Gasteiger partial charge in [-0.2, -0.15) is 0 Å². The van der Waals surface area contributed by atoms with Crippen LogP contribution in [0.25, 0.3) is 0 Å². The summed E-state index contributed by atoms with van der Waals surface area (Å²) in [4.78, 5) is 31.6. The van der Waals surface area contributed by atoms with E-state index in [1.807, 2.05) is 6.07 Å². The van der Waals surface area contributed by atoms with Gasteiger partial charge in [-0.25, -0.2) is 0 Å². The number of fused-ring (bicyclic) bond motifs is 1.